The zero-order valence-electron chi connectivity index (χ0n) is 9.62. The predicted octanol–water partition coefficient (Wildman–Crippen LogP) is 0.999. The smallest absolute Gasteiger partial charge is 0.219 e. The lowest BCUT2D eigenvalue weighted by Gasteiger charge is -2.33. The van der Waals surface area contributed by atoms with Gasteiger partial charge in [-0.3, -0.25) is 4.79 Å². The monoisotopic (exact) mass is 208 g/mol. The van der Waals surface area contributed by atoms with E-state index in [0.717, 1.165) is 32.4 Å². The highest BCUT2D eigenvalue weighted by atomic mass is 16.2. The number of nitrogens with zero attached hydrogens (tertiary/aromatic N) is 1. The third-order valence-electron chi connectivity index (χ3n) is 2.88. The summed E-state index contributed by atoms with van der Waals surface area (Å²) in [6, 6.07) is 0.896. The van der Waals surface area contributed by atoms with E-state index in [1.54, 1.807) is 6.92 Å². The Kier molecular flexibility index (Phi) is 4.64. The fourth-order valence-corrected chi connectivity index (χ4v) is 2.00. The summed E-state index contributed by atoms with van der Waals surface area (Å²) in [6.07, 6.45) is 8.10. The van der Waals surface area contributed by atoms with E-state index in [4.69, 9.17) is 6.42 Å². The minimum absolute atomic E-state index is 0.185. The first-order valence-corrected chi connectivity index (χ1v) is 5.58. The first-order chi connectivity index (χ1) is 7.13. The van der Waals surface area contributed by atoms with Gasteiger partial charge in [0.15, 0.2) is 0 Å². The molecule has 0 spiro atoms. The molecule has 1 heterocycles. The highest BCUT2D eigenvalue weighted by Crippen LogP contribution is 2.11. The van der Waals surface area contributed by atoms with Gasteiger partial charge in [-0.05, 0) is 19.8 Å². The second kappa shape index (κ2) is 5.77. The van der Waals surface area contributed by atoms with Gasteiger partial charge < -0.3 is 10.2 Å². The maximum Gasteiger partial charge on any atom is 0.219 e. The summed E-state index contributed by atoms with van der Waals surface area (Å²) in [6.45, 7) is 5.48. The van der Waals surface area contributed by atoms with E-state index in [0.29, 0.717) is 12.1 Å². The molecule has 1 fully saturated rings. The van der Waals surface area contributed by atoms with Crippen LogP contribution in [0.25, 0.3) is 0 Å². The highest BCUT2D eigenvalue weighted by molar-refractivity contribution is 5.73. The van der Waals surface area contributed by atoms with Gasteiger partial charge >= 0.3 is 0 Å². The molecule has 0 bridgehead atoms. The highest BCUT2D eigenvalue weighted by Gasteiger charge is 2.21. The molecule has 0 aromatic heterocycles. The van der Waals surface area contributed by atoms with Crippen molar-refractivity contribution in [2.75, 3.05) is 13.1 Å². The first kappa shape index (κ1) is 12.1. The summed E-state index contributed by atoms with van der Waals surface area (Å²) in [7, 11) is 0. The van der Waals surface area contributed by atoms with Crippen molar-refractivity contribution in [3.05, 3.63) is 0 Å². The van der Waals surface area contributed by atoms with Gasteiger partial charge in [0, 0.05) is 38.5 Å². The van der Waals surface area contributed by atoms with Crippen LogP contribution in [-0.4, -0.2) is 36.0 Å². The number of amides is 1. The number of piperidine rings is 1. The molecule has 84 valence electrons. The Hall–Kier alpha value is -1.01. The molecular formula is C12H20N2O. The Balaban J connectivity index is 2.26. The molecule has 0 aliphatic carbocycles. The lowest BCUT2D eigenvalue weighted by molar-refractivity contribution is -0.129. The SMILES string of the molecule is C#CCC(C)NC1CCN(C(C)=O)CC1. The molecule has 0 radical (unpaired) electrons. The topological polar surface area (TPSA) is 32.3 Å². The zero-order valence-corrected chi connectivity index (χ0v) is 9.62. The number of rotatable bonds is 3. The van der Waals surface area contributed by atoms with Crippen LogP contribution in [0.1, 0.15) is 33.1 Å². The van der Waals surface area contributed by atoms with Crippen LogP contribution in [0.3, 0.4) is 0 Å². The fraction of sp³-hybridized carbons (Fsp3) is 0.750. The second-order valence-electron chi connectivity index (χ2n) is 4.26. The number of likely N-dealkylation sites (tertiary alicyclic amines) is 1. The second-order valence-corrected chi connectivity index (χ2v) is 4.26. The van der Waals surface area contributed by atoms with Gasteiger partial charge in [-0.2, -0.15) is 0 Å². The molecule has 0 aromatic carbocycles. The van der Waals surface area contributed by atoms with Gasteiger partial charge in [-0.25, -0.2) is 0 Å². The van der Waals surface area contributed by atoms with E-state index < -0.39 is 0 Å². The average molecular weight is 208 g/mol. The zero-order chi connectivity index (χ0) is 11.3. The summed E-state index contributed by atoms with van der Waals surface area (Å²) < 4.78 is 0. The van der Waals surface area contributed by atoms with E-state index in [-0.39, 0.29) is 5.91 Å². The van der Waals surface area contributed by atoms with Gasteiger partial charge in [0.05, 0.1) is 0 Å². The standard InChI is InChI=1S/C12H20N2O/c1-4-5-10(2)13-12-6-8-14(9-7-12)11(3)15/h1,10,12-13H,5-9H2,2-3H3. The van der Waals surface area contributed by atoms with Crippen LogP contribution in [0.5, 0.6) is 0 Å². The van der Waals surface area contributed by atoms with Gasteiger partial charge in [0.1, 0.15) is 0 Å². The Labute approximate surface area is 92.2 Å². The van der Waals surface area contributed by atoms with Crippen molar-refractivity contribution in [2.45, 2.75) is 45.2 Å². The average Bonchev–Trinajstić information content (AvgIpc) is 2.18. The first-order valence-electron chi connectivity index (χ1n) is 5.58. The summed E-state index contributed by atoms with van der Waals surface area (Å²) in [5.41, 5.74) is 0. The number of carbonyl (C=O) groups is 1. The fourth-order valence-electron chi connectivity index (χ4n) is 2.00. The molecule has 0 aromatic rings. The molecule has 1 amide bonds. The van der Waals surface area contributed by atoms with Crippen molar-refractivity contribution in [1.82, 2.24) is 10.2 Å². The molecule has 1 saturated heterocycles. The maximum absolute atomic E-state index is 11.1. The Bertz CT molecular complexity index is 249. The third-order valence-corrected chi connectivity index (χ3v) is 2.88. The van der Waals surface area contributed by atoms with Crippen LogP contribution in [0.4, 0.5) is 0 Å². The third kappa shape index (κ3) is 3.93. The van der Waals surface area contributed by atoms with Gasteiger partial charge in [0.25, 0.3) is 0 Å². The summed E-state index contributed by atoms with van der Waals surface area (Å²) in [5.74, 6) is 2.84. The molecule has 1 unspecified atom stereocenters. The maximum atomic E-state index is 11.1. The molecule has 1 aliphatic heterocycles. The van der Waals surface area contributed by atoms with Gasteiger partial charge in [-0.15, -0.1) is 12.3 Å². The van der Waals surface area contributed by atoms with E-state index in [9.17, 15) is 4.79 Å². The number of hydrogen-bond acceptors (Lipinski definition) is 2. The van der Waals surface area contributed by atoms with Crippen molar-refractivity contribution in [3.63, 3.8) is 0 Å². The molecule has 3 heteroatoms. The number of terminal acetylenes is 1. The summed E-state index contributed by atoms with van der Waals surface area (Å²) in [5, 5.41) is 3.50. The lowest BCUT2D eigenvalue weighted by Crippen LogP contribution is -2.46. The van der Waals surface area contributed by atoms with Crippen molar-refractivity contribution in [2.24, 2.45) is 0 Å². The lowest BCUT2D eigenvalue weighted by atomic mass is 10.0. The summed E-state index contributed by atoms with van der Waals surface area (Å²) >= 11 is 0. The van der Waals surface area contributed by atoms with E-state index in [2.05, 4.69) is 18.2 Å². The van der Waals surface area contributed by atoms with E-state index in [1.807, 2.05) is 4.90 Å². The van der Waals surface area contributed by atoms with Gasteiger partial charge in [0.2, 0.25) is 5.91 Å². The minimum Gasteiger partial charge on any atom is -0.343 e. The van der Waals surface area contributed by atoms with Crippen LogP contribution in [0, 0.1) is 12.3 Å². The molecule has 1 aliphatic rings. The molecule has 15 heavy (non-hydrogen) atoms. The van der Waals surface area contributed by atoms with Crippen LogP contribution in [0.2, 0.25) is 0 Å². The van der Waals surface area contributed by atoms with Crippen LogP contribution in [0.15, 0.2) is 0 Å². The molecule has 1 N–H and O–H groups in total. The molecule has 0 saturated carbocycles. The largest absolute Gasteiger partial charge is 0.343 e. The van der Waals surface area contributed by atoms with Crippen LogP contribution < -0.4 is 5.32 Å². The van der Waals surface area contributed by atoms with Crippen molar-refractivity contribution < 1.29 is 4.79 Å². The normalized spacial score (nSPS) is 19.7. The van der Waals surface area contributed by atoms with Gasteiger partial charge in [-0.1, -0.05) is 0 Å². The molecule has 1 atom stereocenters. The van der Waals surface area contributed by atoms with Crippen molar-refractivity contribution in [1.29, 1.82) is 0 Å². The molecular weight excluding hydrogens is 188 g/mol. The number of nitrogens with one attached hydrogen (secondary N) is 1. The molecule has 1 rings (SSSR count). The van der Waals surface area contributed by atoms with E-state index >= 15 is 0 Å². The molecule has 3 nitrogen and oxygen atoms in total. The predicted molar refractivity (Wildman–Crippen MR) is 61.3 cm³/mol. The number of hydrogen-bond donors (Lipinski definition) is 1. The van der Waals surface area contributed by atoms with Crippen LogP contribution in [-0.2, 0) is 4.79 Å². The minimum atomic E-state index is 0.185. The quantitative estimate of drug-likeness (QED) is 0.702. The van der Waals surface area contributed by atoms with Crippen molar-refractivity contribution >= 4 is 5.91 Å². The number of carbonyl (C=O) groups excluding carboxylic acids is 1. The Morgan fingerprint density at radius 2 is 2.20 bits per heavy atom. The van der Waals surface area contributed by atoms with Crippen molar-refractivity contribution in [3.8, 4) is 12.3 Å². The van der Waals surface area contributed by atoms with E-state index in [1.165, 1.54) is 0 Å². The Morgan fingerprint density at radius 1 is 1.60 bits per heavy atom. The Morgan fingerprint density at radius 3 is 2.67 bits per heavy atom. The summed E-state index contributed by atoms with van der Waals surface area (Å²) in [4.78, 5) is 13.0. The van der Waals surface area contributed by atoms with Crippen LogP contribution >= 0.6 is 0 Å².